The van der Waals surface area contributed by atoms with Crippen LogP contribution in [0.15, 0.2) is 23.1 Å². The molecule has 0 radical (unpaired) electrons. The van der Waals surface area contributed by atoms with Crippen LogP contribution in [0.3, 0.4) is 0 Å². The zero-order valence-electron chi connectivity index (χ0n) is 14.5. The van der Waals surface area contributed by atoms with Gasteiger partial charge in [0, 0.05) is 25.3 Å². The van der Waals surface area contributed by atoms with Gasteiger partial charge in [0.15, 0.2) is 0 Å². The lowest BCUT2D eigenvalue weighted by molar-refractivity contribution is 0.0948. The maximum Gasteiger partial charge on any atom is 0.251 e. The molecule has 7 heteroatoms. The Morgan fingerprint density at radius 3 is 2.75 bits per heavy atom. The van der Waals surface area contributed by atoms with Crippen molar-refractivity contribution < 1.29 is 17.9 Å². The number of carbonyl (C=O) groups excluding carboxylic acids is 1. The molecule has 1 fully saturated rings. The number of benzene rings is 1. The third kappa shape index (κ3) is 5.03. The van der Waals surface area contributed by atoms with Crippen molar-refractivity contribution in [2.75, 3.05) is 19.7 Å². The Kier molecular flexibility index (Phi) is 6.37. The van der Waals surface area contributed by atoms with Crippen LogP contribution in [0.2, 0.25) is 0 Å². The van der Waals surface area contributed by atoms with Crippen LogP contribution in [0.4, 0.5) is 0 Å². The van der Waals surface area contributed by atoms with Crippen LogP contribution >= 0.6 is 0 Å². The van der Waals surface area contributed by atoms with Gasteiger partial charge < -0.3 is 10.1 Å². The van der Waals surface area contributed by atoms with E-state index in [0.717, 1.165) is 18.4 Å². The van der Waals surface area contributed by atoms with Gasteiger partial charge in [-0.15, -0.1) is 0 Å². The second kappa shape index (κ2) is 8.09. The van der Waals surface area contributed by atoms with Crippen molar-refractivity contribution in [1.82, 2.24) is 10.0 Å². The number of sulfonamides is 1. The molecule has 1 aliphatic rings. The summed E-state index contributed by atoms with van der Waals surface area (Å²) in [7, 11) is -3.66. The van der Waals surface area contributed by atoms with E-state index in [0.29, 0.717) is 24.6 Å². The van der Waals surface area contributed by atoms with Crippen molar-refractivity contribution in [3.8, 4) is 0 Å². The fraction of sp³-hybridized carbons (Fsp3) is 0.588. The average molecular weight is 354 g/mol. The molecule has 1 heterocycles. The third-order valence-corrected chi connectivity index (χ3v) is 5.38. The fourth-order valence-electron chi connectivity index (χ4n) is 2.50. The lowest BCUT2D eigenvalue weighted by Gasteiger charge is -2.14. The van der Waals surface area contributed by atoms with Crippen molar-refractivity contribution in [2.24, 2.45) is 5.92 Å². The molecular formula is C17H26N2O4S. The smallest absolute Gasteiger partial charge is 0.251 e. The molecule has 2 rings (SSSR count). The molecule has 2 N–H and O–H groups in total. The molecule has 0 unspecified atom stereocenters. The Morgan fingerprint density at radius 2 is 2.12 bits per heavy atom. The van der Waals surface area contributed by atoms with E-state index < -0.39 is 10.0 Å². The molecule has 6 nitrogen and oxygen atoms in total. The quantitative estimate of drug-likeness (QED) is 0.782. The SMILES string of the molecule is Cc1ccc(S(=O)(=O)NC[C@H]2CCCO2)cc1C(=O)NCC(C)C. The van der Waals surface area contributed by atoms with Crippen LogP contribution in [-0.4, -0.2) is 40.1 Å². The number of aryl methyl sites for hydroxylation is 1. The van der Waals surface area contributed by atoms with Crippen LogP contribution in [0.5, 0.6) is 0 Å². The highest BCUT2D eigenvalue weighted by atomic mass is 32.2. The molecule has 0 aromatic heterocycles. The van der Waals surface area contributed by atoms with E-state index >= 15 is 0 Å². The summed E-state index contributed by atoms with van der Waals surface area (Å²) in [4.78, 5) is 12.4. The van der Waals surface area contributed by atoms with Gasteiger partial charge in [0.2, 0.25) is 10.0 Å². The average Bonchev–Trinajstić information content (AvgIpc) is 3.04. The third-order valence-electron chi connectivity index (χ3n) is 3.96. The van der Waals surface area contributed by atoms with E-state index in [4.69, 9.17) is 4.74 Å². The second-order valence-electron chi connectivity index (χ2n) is 6.57. The lowest BCUT2D eigenvalue weighted by atomic mass is 10.1. The molecule has 24 heavy (non-hydrogen) atoms. The standard InChI is InChI=1S/C17H26N2O4S/c1-12(2)10-18-17(20)16-9-15(7-6-13(16)3)24(21,22)19-11-14-5-4-8-23-14/h6-7,9,12,14,19H,4-5,8,10-11H2,1-3H3,(H,18,20)/t14-/m1/s1. The summed E-state index contributed by atoms with van der Waals surface area (Å²) < 4.78 is 32.9. The Morgan fingerprint density at radius 1 is 1.38 bits per heavy atom. The highest BCUT2D eigenvalue weighted by Gasteiger charge is 2.21. The van der Waals surface area contributed by atoms with E-state index in [2.05, 4.69) is 10.0 Å². The summed E-state index contributed by atoms with van der Waals surface area (Å²) in [5.74, 6) is 0.0756. The zero-order chi connectivity index (χ0) is 17.7. The van der Waals surface area contributed by atoms with Gasteiger partial charge in [0.25, 0.3) is 5.91 Å². The molecule has 1 amide bonds. The van der Waals surface area contributed by atoms with Gasteiger partial charge in [-0.25, -0.2) is 13.1 Å². The van der Waals surface area contributed by atoms with Crippen molar-refractivity contribution in [3.63, 3.8) is 0 Å². The maximum atomic E-state index is 12.4. The Bertz CT molecular complexity index is 680. The number of hydrogen-bond acceptors (Lipinski definition) is 4. The highest BCUT2D eigenvalue weighted by molar-refractivity contribution is 7.89. The molecule has 1 aromatic carbocycles. The molecule has 0 saturated carbocycles. The van der Waals surface area contributed by atoms with Crippen molar-refractivity contribution >= 4 is 15.9 Å². The van der Waals surface area contributed by atoms with Crippen molar-refractivity contribution in [2.45, 2.75) is 44.6 Å². The second-order valence-corrected chi connectivity index (χ2v) is 8.33. The maximum absolute atomic E-state index is 12.4. The topological polar surface area (TPSA) is 84.5 Å². The monoisotopic (exact) mass is 354 g/mol. The van der Waals surface area contributed by atoms with Crippen LogP contribution in [0, 0.1) is 12.8 Å². The number of nitrogens with one attached hydrogen (secondary N) is 2. The van der Waals surface area contributed by atoms with Gasteiger partial charge in [0.05, 0.1) is 11.0 Å². The summed E-state index contributed by atoms with van der Waals surface area (Å²) in [5, 5.41) is 2.82. The first-order valence-electron chi connectivity index (χ1n) is 8.29. The summed E-state index contributed by atoms with van der Waals surface area (Å²) in [6.45, 7) is 7.28. The first-order chi connectivity index (χ1) is 11.3. The van der Waals surface area contributed by atoms with Gasteiger partial charge in [0.1, 0.15) is 0 Å². The van der Waals surface area contributed by atoms with Gasteiger partial charge in [-0.3, -0.25) is 4.79 Å². The molecule has 1 saturated heterocycles. The number of carbonyl (C=O) groups is 1. The van der Waals surface area contributed by atoms with E-state index in [1.165, 1.54) is 12.1 Å². The molecule has 0 bridgehead atoms. The predicted octanol–water partition coefficient (Wildman–Crippen LogP) is 1.84. The minimum atomic E-state index is -3.66. The largest absolute Gasteiger partial charge is 0.377 e. The van der Waals surface area contributed by atoms with Crippen molar-refractivity contribution in [3.05, 3.63) is 29.3 Å². The van der Waals surface area contributed by atoms with Gasteiger partial charge in [-0.2, -0.15) is 0 Å². The van der Waals surface area contributed by atoms with Crippen LogP contribution in [-0.2, 0) is 14.8 Å². The van der Waals surface area contributed by atoms with Crippen LogP contribution < -0.4 is 10.0 Å². The van der Waals surface area contributed by atoms with Gasteiger partial charge in [-0.1, -0.05) is 19.9 Å². The first kappa shape index (κ1) is 18.9. The molecule has 0 spiro atoms. The Hall–Kier alpha value is -1.44. The Labute approximate surface area is 144 Å². The van der Waals surface area contributed by atoms with Crippen LogP contribution in [0.25, 0.3) is 0 Å². The Balaban J connectivity index is 2.11. The first-order valence-corrected chi connectivity index (χ1v) is 9.78. The fourth-order valence-corrected chi connectivity index (χ4v) is 3.59. The van der Waals surface area contributed by atoms with E-state index in [1.54, 1.807) is 13.0 Å². The van der Waals surface area contributed by atoms with E-state index in [-0.39, 0.29) is 23.5 Å². The highest BCUT2D eigenvalue weighted by Crippen LogP contribution is 2.17. The number of hydrogen-bond donors (Lipinski definition) is 2. The molecule has 1 aromatic rings. The van der Waals surface area contributed by atoms with Gasteiger partial charge in [-0.05, 0) is 43.4 Å². The van der Waals surface area contributed by atoms with Gasteiger partial charge >= 0.3 is 0 Å². The zero-order valence-corrected chi connectivity index (χ0v) is 15.3. The molecule has 134 valence electrons. The normalized spacial score (nSPS) is 18.1. The number of ether oxygens (including phenoxy) is 1. The van der Waals surface area contributed by atoms with E-state index in [9.17, 15) is 13.2 Å². The summed E-state index contributed by atoms with van der Waals surface area (Å²) in [5.41, 5.74) is 1.13. The number of amides is 1. The lowest BCUT2D eigenvalue weighted by Crippen LogP contribution is -2.32. The van der Waals surface area contributed by atoms with Crippen LogP contribution in [0.1, 0.15) is 42.6 Å². The molecular weight excluding hydrogens is 328 g/mol. The summed E-state index contributed by atoms with van der Waals surface area (Å²) in [6.07, 6.45) is 1.75. The summed E-state index contributed by atoms with van der Waals surface area (Å²) in [6, 6.07) is 4.61. The molecule has 1 aliphatic heterocycles. The molecule has 1 atom stereocenters. The summed E-state index contributed by atoms with van der Waals surface area (Å²) >= 11 is 0. The predicted molar refractivity (Wildman–Crippen MR) is 92.5 cm³/mol. The van der Waals surface area contributed by atoms with E-state index in [1.807, 2.05) is 13.8 Å². The molecule has 0 aliphatic carbocycles. The minimum Gasteiger partial charge on any atom is -0.377 e. The van der Waals surface area contributed by atoms with Crippen molar-refractivity contribution in [1.29, 1.82) is 0 Å². The minimum absolute atomic E-state index is 0.0703. The number of rotatable bonds is 7.